The van der Waals surface area contributed by atoms with Crippen LogP contribution in [0.15, 0.2) is 40.7 Å². The summed E-state index contributed by atoms with van der Waals surface area (Å²) in [5, 5.41) is 8.62. The molecule has 0 amide bonds. The lowest BCUT2D eigenvalue weighted by atomic mass is 9.73. The van der Waals surface area contributed by atoms with Crippen LogP contribution in [0.25, 0.3) is 0 Å². The summed E-state index contributed by atoms with van der Waals surface area (Å²) in [6, 6.07) is 5.92. The highest BCUT2D eigenvalue weighted by molar-refractivity contribution is 7.99. The Morgan fingerprint density at radius 1 is 1.31 bits per heavy atom. The summed E-state index contributed by atoms with van der Waals surface area (Å²) >= 11 is 1.56. The number of nitrogens with zero attached hydrogens (tertiary/aromatic N) is 3. The second-order valence-electron chi connectivity index (χ2n) is 7.51. The minimum atomic E-state index is -0.371. The minimum absolute atomic E-state index is 0.0978. The fourth-order valence-electron chi connectivity index (χ4n) is 3.73. The summed E-state index contributed by atoms with van der Waals surface area (Å²) in [7, 11) is 0. The predicted molar refractivity (Wildman–Crippen MR) is 99.6 cm³/mol. The van der Waals surface area contributed by atoms with Crippen molar-refractivity contribution in [2.24, 2.45) is 5.41 Å². The van der Waals surface area contributed by atoms with E-state index in [1.54, 1.807) is 28.6 Å². The first kappa shape index (κ1) is 17.3. The summed E-state index contributed by atoms with van der Waals surface area (Å²) in [5.41, 5.74) is 2.38. The van der Waals surface area contributed by atoms with Gasteiger partial charge < -0.3 is 5.32 Å². The second kappa shape index (κ2) is 6.23. The molecule has 136 valence electrons. The number of allylic oxidation sites excluding steroid dienone is 2. The summed E-state index contributed by atoms with van der Waals surface area (Å²) in [4.78, 5) is 17.6. The van der Waals surface area contributed by atoms with Gasteiger partial charge in [0.25, 0.3) is 0 Å². The highest BCUT2D eigenvalue weighted by atomic mass is 32.2. The summed E-state index contributed by atoms with van der Waals surface area (Å²) in [6.07, 6.45) is 1.26. The van der Waals surface area contributed by atoms with Crippen LogP contribution in [0.5, 0.6) is 0 Å². The molecular weight excluding hydrogens is 351 g/mol. The van der Waals surface area contributed by atoms with Crippen LogP contribution in [0.1, 0.15) is 45.2 Å². The second-order valence-corrected chi connectivity index (χ2v) is 8.74. The van der Waals surface area contributed by atoms with Crippen molar-refractivity contribution in [3.63, 3.8) is 0 Å². The molecule has 26 heavy (non-hydrogen) atoms. The van der Waals surface area contributed by atoms with E-state index in [-0.39, 0.29) is 23.1 Å². The average Bonchev–Trinajstić information content (AvgIpc) is 2.95. The first-order chi connectivity index (χ1) is 12.4. The third-order valence-corrected chi connectivity index (χ3v) is 5.49. The molecule has 4 rings (SSSR count). The first-order valence-electron chi connectivity index (χ1n) is 8.76. The molecule has 2 heterocycles. The largest absolute Gasteiger partial charge is 0.328 e. The zero-order valence-corrected chi connectivity index (χ0v) is 15.9. The fourth-order valence-corrected chi connectivity index (χ4v) is 4.29. The number of hydrogen-bond acceptors (Lipinski definition) is 5. The number of aromatic nitrogens is 3. The van der Waals surface area contributed by atoms with Crippen molar-refractivity contribution in [2.75, 3.05) is 11.1 Å². The maximum absolute atomic E-state index is 13.4. The Bertz CT molecular complexity index is 901. The number of carbonyl (C=O) groups is 1. The van der Waals surface area contributed by atoms with Crippen molar-refractivity contribution in [2.45, 2.75) is 44.8 Å². The Balaban J connectivity index is 1.87. The molecule has 0 radical (unpaired) electrons. The molecule has 1 aliphatic carbocycles. The quantitative estimate of drug-likeness (QED) is 0.819. The van der Waals surface area contributed by atoms with Crippen LogP contribution in [0.4, 0.5) is 10.3 Å². The van der Waals surface area contributed by atoms with Gasteiger partial charge in [-0.2, -0.15) is 4.98 Å². The van der Waals surface area contributed by atoms with Crippen molar-refractivity contribution in [1.29, 1.82) is 0 Å². The zero-order valence-electron chi connectivity index (χ0n) is 15.0. The number of benzene rings is 1. The van der Waals surface area contributed by atoms with Gasteiger partial charge in [-0.1, -0.05) is 44.7 Å². The highest BCUT2D eigenvalue weighted by Crippen LogP contribution is 2.45. The van der Waals surface area contributed by atoms with Gasteiger partial charge in [-0.25, -0.2) is 9.07 Å². The lowest BCUT2D eigenvalue weighted by molar-refractivity contribution is -0.118. The van der Waals surface area contributed by atoms with Gasteiger partial charge in [-0.3, -0.25) is 4.79 Å². The topological polar surface area (TPSA) is 59.8 Å². The highest BCUT2D eigenvalue weighted by Gasteiger charge is 2.41. The molecule has 1 aromatic heterocycles. The number of Topliss-reactive ketones (excluding diaryl/α,β-unsaturated/α-hetero) is 1. The molecule has 7 heteroatoms. The van der Waals surface area contributed by atoms with Crippen LogP contribution < -0.4 is 5.32 Å². The van der Waals surface area contributed by atoms with E-state index in [1.807, 2.05) is 6.92 Å². The van der Waals surface area contributed by atoms with Gasteiger partial charge in [0.15, 0.2) is 5.78 Å². The van der Waals surface area contributed by atoms with Gasteiger partial charge in [0.05, 0.1) is 0 Å². The van der Waals surface area contributed by atoms with E-state index in [0.29, 0.717) is 17.5 Å². The number of halogens is 1. The summed E-state index contributed by atoms with van der Waals surface area (Å²) in [5.74, 6) is 1.32. The monoisotopic (exact) mass is 372 g/mol. The summed E-state index contributed by atoms with van der Waals surface area (Å²) in [6.45, 7) is 6.24. The molecule has 1 aromatic carbocycles. The minimum Gasteiger partial charge on any atom is -0.328 e. The Morgan fingerprint density at radius 2 is 2.04 bits per heavy atom. The molecule has 1 aliphatic heterocycles. The summed E-state index contributed by atoms with van der Waals surface area (Å²) < 4.78 is 15.2. The van der Waals surface area contributed by atoms with E-state index in [0.717, 1.165) is 29.0 Å². The zero-order chi connectivity index (χ0) is 18.5. The van der Waals surface area contributed by atoms with Crippen LogP contribution in [0, 0.1) is 11.2 Å². The normalized spacial score (nSPS) is 21.2. The first-order valence-corrected chi connectivity index (χ1v) is 9.74. The number of anilines is 1. The predicted octanol–water partition coefficient (Wildman–Crippen LogP) is 4.19. The number of fused-ring (bicyclic) bond motifs is 1. The van der Waals surface area contributed by atoms with Crippen molar-refractivity contribution in [1.82, 2.24) is 14.8 Å². The SMILES string of the molecule is CCSc1nc2n(n1)[C@@H](c1ccc(F)cc1)C1=C(CC(C)(C)CC1=O)N2. The molecule has 2 aromatic rings. The third-order valence-electron chi connectivity index (χ3n) is 4.77. The van der Waals surface area contributed by atoms with E-state index in [9.17, 15) is 9.18 Å². The molecule has 0 saturated carbocycles. The molecule has 0 fully saturated rings. The molecule has 2 aliphatic rings. The van der Waals surface area contributed by atoms with Crippen molar-refractivity contribution >= 4 is 23.5 Å². The number of carbonyl (C=O) groups excluding carboxylic acids is 1. The third kappa shape index (κ3) is 2.94. The van der Waals surface area contributed by atoms with Crippen molar-refractivity contribution in [3.8, 4) is 0 Å². The maximum Gasteiger partial charge on any atom is 0.227 e. The number of nitrogens with one attached hydrogen (secondary N) is 1. The van der Waals surface area contributed by atoms with Gasteiger partial charge >= 0.3 is 0 Å². The van der Waals surface area contributed by atoms with E-state index >= 15 is 0 Å². The molecule has 0 spiro atoms. The number of thioether (sulfide) groups is 1. The Morgan fingerprint density at radius 3 is 2.73 bits per heavy atom. The molecule has 1 N–H and O–H groups in total. The molecule has 0 saturated heterocycles. The van der Waals surface area contributed by atoms with Crippen LogP contribution in [-0.2, 0) is 4.79 Å². The van der Waals surface area contributed by atoms with Gasteiger partial charge in [0, 0.05) is 17.7 Å². The van der Waals surface area contributed by atoms with Crippen LogP contribution in [-0.4, -0.2) is 26.3 Å². The number of rotatable bonds is 3. The number of hydrogen-bond donors (Lipinski definition) is 1. The Hall–Kier alpha value is -2.15. The lowest BCUT2D eigenvalue weighted by Crippen LogP contribution is -2.36. The molecular formula is C19H21FN4OS. The molecule has 0 bridgehead atoms. The smallest absolute Gasteiger partial charge is 0.227 e. The van der Waals surface area contributed by atoms with E-state index in [2.05, 4.69) is 29.2 Å². The standard InChI is InChI=1S/C19H21FN4OS/c1-4-26-18-22-17-21-13-9-19(2,3)10-14(25)15(13)16(24(17)23-18)11-5-7-12(20)8-6-11/h5-8,16H,4,9-10H2,1-3H3,(H,21,22,23)/t16-/m0/s1. The van der Waals surface area contributed by atoms with Crippen molar-refractivity contribution in [3.05, 3.63) is 46.9 Å². The average molecular weight is 372 g/mol. The van der Waals surface area contributed by atoms with Crippen molar-refractivity contribution < 1.29 is 9.18 Å². The van der Waals surface area contributed by atoms with Gasteiger partial charge in [0.1, 0.15) is 11.9 Å². The van der Waals surface area contributed by atoms with Crippen LogP contribution in [0.3, 0.4) is 0 Å². The number of ketones is 1. The van der Waals surface area contributed by atoms with Crippen LogP contribution in [0.2, 0.25) is 0 Å². The van der Waals surface area contributed by atoms with E-state index in [1.165, 1.54) is 12.1 Å². The van der Waals surface area contributed by atoms with E-state index < -0.39 is 0 Å². The molecule has 5 nitrogen and oxygen atoms in total. The lowest BCUT2D eigenvalue weighted by Gasteiger charge is -2.38. The Labute approximate surface area is 156 Å². The van der Waals surface area contributed by atoms with Gasteiger partial charge in [0.2, 0.25) is 11.1 Å². The maximum atomic E-state index is 13.4. The van der Waals surface area contributed by atoms with Gasteiger partial charge in [-0.05, 0) is 35.3 Å². The Kier molecular flexibility index (Phi) is 4.14. The molecule has 1 atom stereocenters. The molecule has 0 unspecified atom stereocenters. The van der Waals surface area contributed by atoms with Gasteiger partial charge in [-0.15, -0.1) is 5.10 Å². The fraction of sp³-hybridized carbons (Fsp3) is 0.421. The van der Waals surface area contributed by atoms with E-state index in [4.69, 9.17) is 0 Å². The van der Waals surface area contributed by atoms with Crippen LogP contribution >= 0.6 is 11.8 Å².